The molecule has 0 fully saturated rings. The van der Waals surface area contributed by atoms with Crippen LogP contribution in [0.25, 0.3) is 10.2 Å². The molecule has 1 aliphatic carbocycles. The molecule has 2 N–H and O–H groups in total. The minimum atomic E-state index is 0.138. The van der Waals surface area contributed by atoms with Crippen LogP contribution in [0.3, 0.4) is 0 Å². The summed E-state index contributed by atoms with van der Waals surface area (Å²) in [5.74, 6) is 1.98. The number of aryl methyl sites for hydroxylation is 3. The molecule has 0 atom stereocenters. The van der Waals surface area contributed by atoms with Crippen LogP contribution in [0, 0.1) is 0 Å². The van der Waals surface area contributed by atoms with Crippen molar-refractivity contribution in [2.45, 2.75) is 65.2 Å². The topological polar surface area (TPSA) is 66.9 Å². The molecule has 0 spiro atoms. The molecule has 1 amide bonds. The number of thiophene rings is 1. The summed E-state index contributed by atoms with van der Waals surface area (Å²) < 4.78 is 0. The Hall–Kier alpha value is -1.69. The van der Waals surface area contributed by atoms with E-state index in [-0.39, 0.29) is 5.91 Å². The Morgan fingerprint density at radius 1 is 1.16 bits per heavy atom. The van der Waals surface area contributed by atoms with Crippen LogP contribution in [-0.2, 0) is 24.1 Å². The van der Waals surface area contributed by atoms with Gasteiger partial charge in [0, 0.05) is 30.8 Å². The first-order valence-electron chi connectivity index (χ1n) is 9.54. The number of nitrogens with zero attached hydrogens (tertiary/aromatic N) is 2. The summed E-state index contributed by atoms with van der Waals surface area (Å²) in [7, 11) is 0. The molecule has 25 heavy (non-hydrogen) atoms. The van der Waals surface area contributed by atoms with Crippen molar-refractivity contribution in [2.24, 2.45) is 0 Å². The van der Waals surface area contributed by atoms with E-state index in [1.54, 1.807) is 0 Å². The lowest BCUT2D eigenvalue weighted by Gasteiger charge is -2.13. The number of carbonyl (C=O) groups is 1. The molecule has 5 nitrogen and oxygen atoms in total. The fraction of sp³-hybridized carbons (Fsp3) is 0.632. The highest BCUT2D eigenvalue weighted by molar-refractivity contribution is 7.19. The first-order valence-corrected chi connectivity index (χ1v) is 10.4. The number of aromatic nitrogens is 2. The van der Waals surface area contributed by atoms with Gasteiger partial charge in [-0.3, -0.25) is 4.79 Å². The number of fused-ring (bicyclic) bond motifs is 3. The van der Waals surface area contributed by atoms with Gasteiger partial charge in [0.25, 0.3) is 0 Å². The fourth-order valence-electron chi connectivity index (χ4n) is 3.30. The average molecular weight is 361 g/mol. The normalized spacial score (nSPS) is 13.7. The summed E-state index contributed by atoms with van der Waals surface area (Å²) >= 11 is 1.84. The van der Waals surface area contributed by atoms with Gasteiger partial charge in [0.05, 0.1) is 5.39 Å². The lowest BCUT2D eigenvalue weighted by atomic mass is 9.97. The standard InChI is InChI=1S/C19H28N4OS/c1-3-5-10-16(24)20-11-12-21-18-17-13-8-6-7-9-14(13)25-19(17)23-15(4-2)22-18/h3-12H2,1-2H3,(H,20,24)(H,21,22,23). The third kappa shape index (κ3) is 4.29. The smallest absolute Gasteiger partial charge is 0.220 e. The predicted octanol–water partition coefficient (Wildman–Crippen LogP) is 3.85. The van der Waals surface area contributed by atoms with Gasteiger partial charge in [0.2, 0.25) is 5.91 Å². The maximum Gasteiger partial charge on any atom is 0.220 e. The second kappa shape index (κ2) is 8.61. The molecule has 6 heteroatoms. The highest BCUT2D eigenvalue weighted by Crippen LogP contribution is 2.38. The molecule has 3 rings (SSSR count). The summed E-state index contributed by atoms with van der Waals surface area (Å²) in [4.78, 5) is 23.8. The van der Waals surface area contributed by atoms with Gasteiger partial charge < -0.3 is 10.6 Å². The molecule has 2 aromatic heterocycles. The molecule has 0 aliphatic heterocycles. The van der Waals surface area contributed by atoms with Gasteiger partial charge in [-0.25, -0.2) is 9.97 Å². The number of hydrogen-bond acceptors (Lipinski definition) is 5. The largest absolute Gasteiger partial charge is 0.368 e. The van der Waals surface area contributed by atoms with E-state index in [9.17, 15) is 4.79 Å². The Balaban J connectivity index is 1.71. The Morgan fingerprint density at radius 2 is 2.00 bits per heavy atom. The third-order valence-electron chi connectivity index (χ3n) is 4.67. The van der Waals surface area contributed by atoms with Crippen molar-refractivity contribution in [1.29, 1.82) is 0 Å². The van der Waals surface area contributed by atoms with E-state index in [1.165, 1.54) is 35.1 Å². The predicted molar refractivity (Wildman–Crippen MR) is 104 cm³/mol. The number of anilines is 1. The van der Waals surface area contributed by atoms with E-state index in [4.69, 9.17) is 9.97 Å². The molecule has 0 radical (unpaired) electrons. The second-order valence-corrected chi connectivity index (χ2v) is 7.70. The molecule has 1 aliphatic rings. The van der Waals surface area contributed by atoms with Crippen molar-refractivity contribution < 1.29 is 4.79 Å². The van der Waals surface area contributed by atoms with Gasteiger partial charge in [-0.1, -0.05) is 20.3 Å². The van der Waals surface area contributed by atoms with Crippen molar-refractivity contribution in [3.8, 4) is 0 Å². The summed E-state index contributed by atoms with van der Waals surface area (Å²) in [5.41, 5.74) is 1.45. The number of amides is 1. The van der Waals surface area contributed by atoms with Gasteiger partial charge in [-0.2, -0.15) is 0 Å². The van der Waals surface area contributed by atoms with Crippen molar-refractivity contribution in [1.82, 2.24) is 15.3 Å². The number of carbonyl (C=O) groups excluding carboxylic acids is 1. The van der Waals surface area contributed by atoms with Crippen molar-refractivity contribution >= 4 is 33.3 Å². The molecular formula is C19H28N4OS. The zero-order valence-electron chi connectivity index (χ0n) is 15.3. The van der Waals surface area contributed by atoms with Crippen LogP contribution in [0.1, 0.15) is 62.2 Å². The Bertz CT molecular complexity index is 741. The number of rotatable bonds is 8. The quantitative estimate of drug-likeness (QED) is 0.702. The average Bonchev–Trinajstić information content (AvgIpc) is 3.01. The van der Waals surface area contributed by atoms with Gasteiger partial charge in [0.15, 0.2) is 0 Å². The minimum Gasteiger partial charge on any atom is -0.368 e. The molecule has 136 valence electrons. The Kier molecular flexibility index (Phi) is 6.24. The highest BCUT2D eigenvalue weighted by atomic mass is 32.1. The summed E-state index contributed by atoms with van der Waals surface area (Å²) in [6, 6.07) is 0. The summed E-state index contributed by atoms with van der Waals surface area (Å²) in [6.07, 6.45) is 8.28. The Labute approximate surface area is 153 Å². The maximum absolute atomic E-state index is 11.7. The van der Waals surface area contributed by atoms with E-state index >= 15 is 0 Å². The molecule has 2 aromatic rings. The van der Waals surface area contributed by atoms with Gasteiger partial charge in [-0.15, -0.1) is 11.3 Å². The summed E-state index contributed by atoms with van der Waals surface area (Å²) in [5, 5.41) is 7.65. The molecule has 0 saturated heterocycles. The number of unbranched alkanes of at least 4 members (excludes halogenated alkanes) is 1. The van der Waals surface area contributed by atoms with Gasteiger partial charge in [-0.05, 0) is 37.7 Å². The van der Waals surface area contributed by atoms with Crippen LogP contribution in [0.5, 0.6) is 0 Å². The SMILES string of the molecule is CCCCC(=O)NCCNc1nc(CC)nc2sc3c(c12)CCCC3. The van der Waals surface area contributed by atoms with Crippen LogP contribution < -0.4 is 10.6 Å². The fourth-order valence-corrected chi connectivity index (χ4v) is 4.58. The van der Waals surface area contributed by atoms with E-state index in [0.29, 0.717) is 19.5 Å². The molecule has 0 aromatic carbocycles. The van der Waals surface area contributed by atoms with Crippen LogP contribution >= 0.6 is 11.3 Å². The summed E-state index contributed by atoms with van der Waals surface area (Å²) in [6.45, 7) is 5.51. The lowest BCUT2D eigenvalue weighted by Crippen LogP contribution is -2.28. The molecule has 0 unspecified atom stereocenters. The second-order valence-electron chi connectivity index (χ2n) is 6.61. The monoisotopic (exact) mass is 360 g/mol. The zero-order chi connectivity index (χ0) is 17.6. The van der Waals surface area contributed by atoms with Crippen LogP contribution in [-0.4, -0.2) is 29.0 Å². The molecule has 0 bridgehead atoms. The number of hydrogen-bond donors (Lipinski definition) is 2. The van der Waals surface area contributed by atoms with E-state index in [2.05, 4.69) is 24.5 Å². The van der Waals surface area contributed by atoms with Crippen LogP contribution in [0.4, 0.5) is 5.82 Å². The van der Waals surface area contributed by atoms with Crippen molar-refractivity contribution in [3.63, 3.8) is 0 Å². The van der Waals surface area contributed by atoms with E-state index in [1.807, 2.05) is 11.3 Å². The van der Waals surface area contributed by atoms with Crippen LogP contribution in [0.2, 0.25) is 0 Å². The van der Waals surface area contributed by atoms with E-state index in [0.717, 1.165) is 42.2 Å². The molecule has 2 heterocycles. The first-order chi connectivity index (χ1) is 12.2. The number of nitrogens with one attached hydrogen (secondary N) is 2. The lowest BCUT2D eigenvalue weighted by molar-refractivity contribution is -0.121. The van der Waals surface area contributed by atoms with Gasteiger partial charge in [0.1, 0.15) is 16.5 Å². The zero-order valence-corrected chi connectivity index (χ0v) is 16.1. The Morgan fingerprint density at radius 3 is 2.80 bits per heavy atom. The molecular weight excluding hydrogens is 332 g/mol. The van der Waals surface area contributed by atoms with Crippen molar-refractivity contribution in [2.75, 3.05) is 18.4 Å². The minimum absolute atomic E-state index is 0.138. The maximum atomic E-state index is 11.7. The van der Waals surface area contributed by atoms with E-state index < -0.39 is 0 Å². The molecule has 0 saturated carbocycles. The highest BCUT2D eigenvalue weighted by Gasteiger charge is 2.20. The van der Waals surface area contributed by atoms with Crippen molar-refractivity contribution in [3.05, 3.63) is 16.3 Å². The first kappa shape index (κ1) is 18.1. The van der Waals surface area contributed by atoms with Crippen LogP contribution in [0.15, 0.2) is 0 Å². The van der Waals surface area contributed by atoms with Gasteiger partial charge >= 0.3 is 0 Å². The third-order valence-corrected chi connectivity index (χ3v) is 5.86.